The van der Waals surface area contributed by atoms with E-state index >= 15 is 0 Å². The van der Waals surface area contributed by atoms with Crippen molar-refractivity contribution in [2.45, 2.75) is 0 Å². The van der Waals surface area contributed by atoms with Crippen LogP contribution in [-0.2, 0) is 0 Å². The quantitative estimate of drug-likeness (QED) is 0.210. The lowest BCUT2D eigenvalue weighted by atomic mass is 9.94. The Balaban J connectivity index is 1.32. The first kappa shape index (κ1) is 25.4. The van der Waals surface area contributed by atoms with Gasteiger partial charge in [0.1, 0.15) is 11.2 Å². The number of aromatic nitrogens is 2. The number of hydrogen-bond acceptors (Lipinski definition) is 3. The normalized spacial score (nSPS) is 11.6. The lowest BCUT2D eigenvalue weighted by Gasteiger charge is -2.14. The molecule has 0 saturated heterocycles. The van der Waals surface area contributed by atoms with Crippen LogP contribution >= 0.6 is 0 Å². The molecule has 0 aliphatic rings. The van der Waals surface area contributed by atoms with Gasteiger partial charge in [0.15, 0.2) is 0 Å². The summed E-state index contributed by atoms with van der Waals surface area (Å²) >= 11 is 0. The van der Waals surface area contributed by atoms with Crippen molar-refractivity contribution >= 4 is 43.7 Å². The fourth-order valence-corrected chi connectivity index (χ4v) is 6.51. The van der Waals surface area contributed by atoms with Gasteiger partial charge in [-0.25, -0.2) is 9.97 Å². The molecule has 0 spiro atoms. The van der Waals surface area contributed by atoms with Gasteiger partial charge in [0.05, 0.1) is 22.4 Å². The smallest absolute Gasteiger partial charge is 0.143 e. The summed E-state index contributed by atoms with van der Waals surface area (Å²) in [4.78, 5) is 10.6. The number of hydrogen-bond donors (Lipinski definition) is 0. The number of nitrogens with zero attached hydrogens (tertiary/aromatic N) is 2. The van der Waals surface area contributed by atoms with E-state index in [9.17, 15) is 0 Å². The second kappa shape index (κ2) is 10.3. The summed E-state index contributed by atoms with van der Waals surface area (Å²) < 4.78 is 6.48. The lowest BCUT2D eigenvalue weighted by Crippen LogP contribution is -1.96. The summed E-state index contributed by atoms with van der Waals surface area (Å²) in [6.07, 6.45) is 0. The molecule has 0 aliphatic heterocycles. The fourth-order valence-electron chi connectivity index (χ4n) is 6.51. The predicted molar refractivity (Wildman–Crippen MR) is 186 cm³/mol. The number of benzene rings is 7. The molecule has 0 fully saturated rings. The van der Waals surface area contributed by atoms with Crippen LogP contribution in [0, 0.1) is 0 Å². The standard InChI is InChI=1S/C42H26N2O/c1-2-12-28(13-3-1)35-25-31(26-36-34-19-6-9-23-39(34)45-42(35)36)41-40(43-37-21-7-8-22-38(37)44-41)30-17-10-16-29(24-30)33-20-11-15-27-14-4-5-18-32(27)33/h1-26H. The molecule has 0 aliphatic carbocycles. The SMILES string of the molecule is c1ccc(-c2cc(-c3nc4ccccc4nc3-c3cccc(-c4cccc5ccccc45)c3)cc3c2oc2ccccc23)cc1. The summed E-state index contributed by atoms with van der Waals surface area (Å²) in [6, 6.07) is 54.9. The van der Waals surface area contributed by atoms with E-state index in [2.05, 4.69) is 115 Å². The second-order valence-corrected chi connectivity index (χ2v) is 11.4. The van der Waals surface area contributed by atoms with E-state index in [1.54, 1.807) is 0 Å². The largest absolute Gasteiger partial charge is 0.455 e. The molecular formula is C42H26N2O. The first-order valence-corrected chi connectivity index (χ1v) is 15.2. The molecule has 2 aromatic heterocycles. The van der Waals surface area contributed by atoms with E-state index in [-0.39, 0.29) is 0 Å². The molecule has 210 valence electrons. The fraction of sp³-hybridized carbons (Fsp3) is 0. The molecule has 45 heavy (non-hydrogen) atoms. The van der Waals surface area contributed by atoms with E-state index in [1.165, 1.54) is 16.3 Å². The zero-order chi connectivity index (χ0) is 29.7. The van der Waals surface area contributed by atoms with Gasteiger partial charge in [0, 0.05) is 27.5 Å². The van der Waals surface area contributed by atoms with Gasteiger partial charge in [0.2, 0.25) is 0 Å². The maximum atomic E-state index is 6.48. The highest BCUT2D eigenvalue weighted by Gasteiger charge is 2.19. The summed E-state index contributed by atoms with van der Waals surface area (Å²) in [6.45, 7) is 0. The van der Waals surface area contributed by atoms with E-state index in [0.29, 0.717) is 0 Å². The minimum absolute atomic E-state index is 0.841. The van der Waals surface area contributed by atoms with E-state index in [4.69, 9.17) is 14.4 Å². The molecular weight excluding hydrogens is 548 g/mol. The van der Waals surface area contributed by atoms with Crippen molar-refractivity contribution in [3.8, 4) is 44.8 Å². The van der Waals surface area contributed by atoms with Crippen LogP contribution in [0.1, 0.15) is 0 Å². The van der Waals surface area contributed by atoms with E-state index in [0.717, 1.165) is 72.2 Å². The van der Waals surface area contributed by atoms with Gasteiger partial charge < -0.3 is 4.42 Å². The highest BCUT2D eigenvalue weighted by atomic mass is 16.3. The lowest BCUT2D eigenvalue weighted by molar-refractivity contribution is 0.670. The van der Waals surface area contributed by atoms with Gasteiger partial charge in [0.25, 0.3) is 0 Å². The third-order valence-corrected chi connectivity index (χ3v) is 8.64. The Kier molecular flexibility index (Phi) is 5.82. The molecule has 3 heteroatoms. The average Bonchev–Trinajstić information content (AvgIpc) is 3.49. The molecule has 0 bridgehead atoms. The first-order chi connectivity index (χ1) is 22.3. The van der Waals surface area contributed by atoms with Crippen LogP contribution in [0.3, 0.4) is 0 Å². The molecule has 0 unspecified atom stereocenters. The van der Waals surface area contributed by atoms with Gasteiger partial charge in [-0.05, 0) is 63.9 Å². The highest BCUT2D eigenvalue weighted by Crippen LogP contribution is 2.42. The highest BCUT2D eigenvalue weighted by molar-refractivity contribution is 6.11. The minimum Gasteiger partial charge on any atom is -0.455 e. The van der Waals surface area contributed by atoms with Crippen LogP contribution in [0.15, 0.2) is 162 Å². The Morgan fingerprint density at radius 1 is 0.378 bits per heavy atom. The molecule has 0 radical (unpaired) electrons. The Labute approximate surface area is 260 Å². The number of rotatable bonds is 4. The van der Waals surface area contributed by atoms with Crippen molar-refractivity contribution in [1.82, 2.24) is 9.97 Å². The minimum atomic E-state index is 0.841. The van der Waals surface area contributed by atoms with Crippen LogP contribution in [0.25, 0.3) is 88.5 Å². The molecule has 9 rings (SSSR count). The Bertz CT molecular complexity index is 2540. The molecule has 3 nitrogen and oxygen atoms in total. The third-order valence-electron chi connectivity index (χ3n) is 8.64. The third kappa shape index (κ3) is 4.29. The topological polar surface area (TPSA) is 38.9 Å². The molecule has 7 aromatic carbocycles. The Hall–Kier alpha value is -6.06. The van der Waals surface area contributed by atoms with Crippen molar-refractivity contribution in [3.05, 3.63) is 158 Å². The van der Waals surface area contributed by atoms with Crippen LogP contribution in [-0.4, -0.2) is 9.97 Å². The van der Waals surface area contributed by atoms with Gasteiger partial charge in [-0.2, -0.15) is 0 Å². The van der Waals surface area contributed by atoms with Crippen molar-refractivity contribution in [2.24, 2.45) is 0 Å². The van der Waals surface area contributed by atoms with Crippen molar-refractivity contribution in [3.63, 3.8) is 0 Å². The molecule has 0 N–H and O–H groups in total. The van der Waals surface area contributed by atoms with Gasteiger partial charge in [-0.15, -0.1) is 0 Å². The van der Waals surface area contributed by atoms with Crippen LogP contribution in [0.2, 0.25) is 0 Å². The van der Waals surface area contributed by atoms with Gasteiger partial charge in [-0.1, -0.05) is 121 Å². The monoisotopic (exact) mass is 574 g/mol. The van der Waals surface area contributed by atoms with E-state index in [1.807, 2.05) is 42.5 Å². The predicted octanol–water partition coefficient (Wildman–Crippen LogP) is 11.4. The maximum Gasteiger partial charge on any atom is 0.143 e. The first-order valence-electron chi connectivity index (χ1n) is 15.2. The van der Waals surface area contributed by atoms with Crippen molar-refractivity contribution < 1.29 is 4.42 Å². The van der Waals surface area contributed by atoms with Crippen LogP contribution in [0.4, 0.5) is 0 Å². The molecule has 2 heterocycles. The zero-order valence-corrected chi connectivity index (χ0v) is 24.3. The van der Waals surface area contributed by atoms with Gasteiger partial charge in [-0.3, -0.25) is 0 Å². The van der Waals surface area contributed by atoms with Crippen LogP contribution in [0.5, 0.6) is 0 Å². The van der Waals surface area contributed by atoms with Crippen molar-refractivity contribution in [2.75, 3.05) is 0 Å². The number of fused-ring (bicyclic) bond motifs is 5. The zero-order valence-electron chi connectivity index (χ0n) is 24.3. The molecule has 0 atom stereocenters. The summed E-state index contributed by atoms with van der Waals surface area (Å²) in [5.74, 6) is 0. The molecule has 0 amide bonds. The van der Waals surface area contributed by atoms with Crippen molar-refractivity contribution in [1.29, 1.82) is 0 Å². The Morgan fingerprint density at radius 2 is 1.00 bits per heavy atom. The summed E-state index contributed by atoms with van der Waals surface area (Å²) in [7, 11) is 0. The van der Waals surface area contributed by atoms with E-state index < -0.39 is 0 Å². The summed E-state index contributed by atoms with van der Waals surface area (Å²) in [5.41, 5.74) is 11.6. The average molecular weight is 575 g/mol. The van der Waals surface area contributed by atoms with Crippen LogP contribution < -0.4 is 0 Å². The number of para-hydroxylation sites is 3. The second-order valence-electron chi connectivity index (χ2n) is 11.4. The molecule has 0 saturated carbocycles. The Morgan fingerprint density at radius 3 is 1.84 bits per heavy atom. The number of furan rings is 1. The van der Waals surface area contributed by atoms with Gasteiger partial charge >= 0.3 is 0 Å². The molecule has 9 aromatic rings. The maximum absolute atomic E-state index is 6.48. The summed E-state index contributed by atoms with van der Waals surface area (Å²) in [5, 5.41) is 4.60.